The van der Waals surface area contributed by atoms with Crippen molar-refractivity contribution in [3.8, 4) is 0 Å². The molecule has 0 saturated carbocycles. The molecular formula is C24H31ClFN3O4S. The van der Waals surface area contributed by atoms with Crippen molar-refractivity contribution >= 4 is 39.1 Å². The number of amides is 2. The molecule has 0 unspecified atom stereocenters. The molecule has 1 N–H and O–H groups in total. The van der Waals surface area contributed by atoms with Crippen molar-refractivity contribution in [1.82, 2.24) is 10.2 Å². The molecule has 0 fully saturated rings. The number of carbonyl (C=O) groups is 2. The normalized spacial score (nSPS) is 12.1. The van der Waals surface area contributed by atoms with Crippen LogP contribution in [0.25, 0.3) is 0 Å². The summed E-state index contributed by atoms with van der Waals surface area (Å²) in [6, 6.07) is 11.5. The zero-order valence-electron chi connectivity index (χ0n) is 19.6. The highest BCUT2D eigenvalue weighted by Gasteiger charge is 2.26. The lowest BCUT2D eigenvalue weighted by Crippen LogP contribution is -2.47. The van der Waals surface area contributed by atoms with Gasteiger partial charge in [0.15, 0.2) is 0 Å². The van der Waals surface area contributed by atoms with Gasteiger partial charge in [-0.05, 0) is 61.7 Å². The first-order valence-electron chi connectivity index (χ1n) is 11.1. The molecule has 2 aromatic rings. The third-order valence-corrected chi connectivity index (χ3v) is 6.65. The van der Waals surface area contributed by atoms with E-state index in [4.69, 9.17) is 11.6 Å². The van der Waals surface area contributed by atoms with Crippen LogP contribution in [-0.2, 0) is 26.2 Å². The fraction of sp³-hybridized carbons (Fsp3) is 0.417. The number of hydrogen-bond donors (Lipinski definition) is 1. The number of halogens is 2. The Labute approximate surface area is 205 Å². The summed E-state index contributed by atoms with van der Waals surface area (Å²) in [5.41, 5.74) is 1.10. The molecule has 7 nitrogen and oxygen atoms in total. The smallest absolute Gasteiger partial charge is 0.242 e. The number of benzene rings is 2. The minimum absolute atomic E-state index is 0.0270. The van der Waals surface area contributed by atoms with E-state index in [1.54, 1.807) is 25.1 Å². The van der Waals surface area contributed by atoms with Crippen molar-refractivity contribution in [2.75, 3.05) is 23.7 Å². The van der Waals surface area contributed by atoms with Crippen LogP contribution in [0, 0.1) is 5.82 Å². The molecule has 0 aliphatic rings. The van der Waals surface area contributed by atoms with E-state index >= 15 is 0 Å². The van der Waals surface area contributed by atoms with Gasteiger partial charge in [-0.1, -0.05) is 30.7 Å². The summed E-state index contributed by atoms with van der Waals surface area (Å²) in [5, 5.41) is 3.33. The molecule has 0 aliphatic heterocycles. The summed E-state index contributed by atoms with van der Waals surface area (Å²) in [6.07, 6.45) is 2.08. The fourth-order valence-electron chi connectivity index (χ4n) is 3.42. The zero-order valence-corrected chi connectivity index (χ0v) is 21.2. The molecule has 10 heteroatoms. The number of sulfonamides is 1. The highest BCUT2D eigenvalue weighted by Crippen LogP contribution is 2.20. The molecule has 2 aromatic carbocycles. The molecule has 2 amide bonds. The molecule has 2 rings (SSSR count). The standard InChI is InChI=1S/C24H31ClFN3O4S/c1-4-14-27-24(31)18(2)28(17-19-7-5-8-20(25)16-19)23(30)9-6-15-29(34(3,32)33)22-12-10-21(26)11-13-22/h5,7-8,10-13,16,18H,4,6,9,14-15,17H2,1-3H3,(H,27,31)/t18-/m1/s1. The number of carbonyl (C=O) groups excluding carboxylic acids is 2. The van der Waals surface area contributed by atoms with Crippen LogP contribution in [0.5, 0.6) is 0 Å². The maximum absolute atomic E-state index is 13.3. The van der Waals surface area contributed by atoms with Gasteiger partial charge in [0.1, 0.15) is 11.9 Å². The van der Waals surface area contributed by atoms with E-state index in [1.807, 2.05) is 13.0 Å². The average molecular weight is 512 g/mol. The third-order valence-electron chi connectivity index (χ3n) is 5.23. The van der Waals surface area contributed by atoms with Crippen LogP contribution < -0.4 is 9.62 Å². The van der Waals surface area contributed by atoms with E-state index in [0.717, 1.165) is 22.5 Å². The quantitative estimate of drug-likeness (QED) is 0.467. The van der Waals surface area contributed by atoms with Crippen LogP contribution in [0.3, 0.4) is 0 Å². The van der Waals surface area contributed by atoms with Gasteiger partial charge in [0.2, 0.25) is 21.8 Å². The molecule has 0 aromatic heterocycles. The second kappa shape index (κ2) is 12.7. The van der Waals surface area contributed by atoms with Crippen molar-refractivity contribution in [2.45, 2.75) is 45.7 Å². The van der Waals surface area contributed by atoms with Crippen LogP contribution in [0.2, 0.25) is 5.02 Å². The molecule has 1 atom stereocenters. The van der Waals surface area contributed by atoms with Gasteiger partial charge < -0.3 is 10.2 Å². The predicted octanol–water partition coefficient (Wildman–Crippen LogP) is 3.97. The lowest BCUT2D eigenvalue weighted by Gasteiger charge is -2.29. The number of nitrogens with one attached hydrogen (secondary N) is 1. The molecule has 0 saturated heterocycles. The van der Waals surface area contributed by atoms with Gasteiger partial charge in [0, 0.05) is 31.1 Å². The molecule has 0 radical (unpaired) electrons. The summed E-state index contributed by atoms with van der Waals surface area (Å²) in [7, 11) is -3.64. The lowest BCUT2D eigenvalue weighted by molar-refractivity contribution is -0.140. The monoisotopic (exact) mass is 511 g/mol. The van der Waals surface area contributed by atoms with Crippen LogP contribution in [-0.4, -0.2) is 50.5 Å². The Morgan fingerprint density at radius 2 is 1.82 bits per heavy atom. The first-order chi connectivity index (χ1) is 16.0. The lowest BCUT2D eigenvalue weighted by atomic mass is 10.1. The van der Waals surface area contributed by atoms with Crippen molar-refractivity contribution in [3.05, 3.63) is 64.9 Å². The third kappa shape index (κ3) is 8.29. The van der Waals surface area contributed by atoms with Crippen molar-refractivity contribution in [1.29, 1.82) is 0 Å². The number of nitrogens with zero attached hydrogens (tertiary/aromatic N) is 2. The van der Waals surface area contributed by atoms with Crippen molar-refractivity contribution in [3.63, 3.8) is 0 Å². The van der Waals surface area contributed by atoms with E-state index < -0.39 is 21.9 Å². The van der Waals surface area contributed by atoms with Gasteiger partial charge in [-0.2, -0.15) is 0 Å². The van der Waals surface area contributed by atoms with Gasteiger partial charge in [0.25, 0.3) is 0 Å². The Morgan fingerprint density at radius 1 is 1.15 bits per heavy atom. The number of rotatable bonds is 12. The molecule has 0 aliphatic carbocycles. The van der Waals surface area contributed by atoms with Gasteiger partial charge in [-0.3, -0.25) is 13.9 Å². The van der Waals surface area contributed by atoms with Crippen LogP contribution >= 0.6 is 11.6 Å². The van der Waals surface area contributed by atoms with E-state index in [1.165, 1.54) is 29.2 Å². The topological polar surface area (TPSA) is 86.8 Å². The van der Waals surface area contributed by atoms with E-state index in [-0.39, 0.29) is 37.7 Å². The molecule has 0 heterocycles. The highest BCUT2D eigenvalue weighted by atomic mass is 35.5. The Morgan fingerprint density at radius 3 is 2.41 bits per heavy atom. The largest absolute Gasteiger partial charge is 0.354 e. The van der Waals surface area contributed by atoms with Crippen molar-refractivity contribution < 1.29 is 22.4 Å². The van der Waals surface area contributed by atoms with Gasteiger partial charge >= 0.3 is 0 Å². The summed E-state index contributed by atoms with van der Waals surface area (Å²) < 4.78 is 38.9. The second-order valence-corrected chi connectivity index (χ2v) is 10.4. The Balaban J connectivity index is 2.14. The molecule has 0 spiro atoms. The van der Waals surface area contributed by atoms with E-state index in [9.17, 15) is 22.4 Å². The Hall–Kier alpha value is -2.65. The Bertz CT molecular complexity index is 1080. The SMILES string of the molecule is CCCNC(=O)[C@@H](C)N(Cc1cccc(Cl)c1)C(=O)CCCN(c1ccc(F)cc1)S(C)(=O)=O. The Kier molecular flexibility index (Phi) is 10.3. The predicted molar refractivity (Wildman–Crippen MR) is 133 cm³/mol. The van der Waals surface area contributed by atoms with Crippen LogP contribution in [0.1, 0.15) is 38.7 Å². The minimum atomic E-state index is -3.64. The second-order valence-electron chi connectivity index (χ2n) is 8.03. The van der Waals surface area contributed by atoms with Crippen LogP contribution in [0.15, 0.2) is 48.5 Å². The first kappa shape index (κ1) is 27.6. The fourth-order valence-corrected chi connectivity index (χ4v) is 4.60. The van der Waals surface area contributed by atoms with Crippen LogP contribution in [0.4, 0.5) is 10.1 Å². The van der Waals surface area contributed by atoms with Gasteiger partial charge in [-0.25, -0.2) is 12.8 Å². The first-order valence-corrected chi connectivity index (χ1v) is 13.3. The molecule has 0 bridgehead atoms. The summed E-state index contributed by atoms with van der Waals surface area (Å²) in [4.78, 5) is 27.2. The number of hydrogen-bond acceptors (Lipinski definition) is 4. The maximum atomic E-state index is 13.3. The zero-order chi connectivity index (χ0) is 25.3. The summed E-state index contributed by atoms with van der Waals surface area (Å²) >= 11 is 6.08. The van der Waals surface area contributed by atoms with E-state index in [0.29, 0.717) is 17.3 Å². The minimum Gasteiger partial charge on any atom is -0.354 e. The maximum Gasteiger partial charge on any atom is 0.242 e. The average Bonchev–Trinajstić information content (AvgIpc) is 2.78. The van der Waals surface area contributed by atoms with E-state index in [2.05, 4.69) is 5.32 Å². The van der Waals surface area contributed by atoms with Gasteiger partial charge in [0.05, 0.1) is 11.9 Å². The summed E-state index contributed by atoms with van der Waals surface area (Å²) in [5.74, 6) is -1.02. The summed E-state index contributed by atoms with van der Waals surface area (Å²) in [6.45, 7) is 4.33. The molecule has 186 valence electrons. The van der Waals surface area contributed by atoms with Crippen molar-refractivity contribution in [2.24, 2.45) is 0 Å². The highest BCUT2D eigenvalue weighted by molar-refractivity contribution is 7.92. The number of anilines is 1. The van der Waals surface area contributed by atoms with Gasteiger partial charge in [-0.15, -0.1) is 0 Å². The molecular weight excluding hydrogens is 481 g/mol. The molecule has 34 heavy (non-hydrogen) atoms.